The number of allylic oxidation sites excluding steroid dienone is 1. The molecule has 1 aliphatic heterocycles. The maximum Gasteiger partial charge on any atom is 0.250 e. The van der Waals surface area contributed by atoms with Crippen molar-refractivity contribution in [2.45, 2.75) is 40.2 Å². The zero-order valence-electron chi connectivity index (χ0n) is 14.3. The van der Waals surface area contributed by atoms with Crippen molar-refractivity contribution in [3.8, 4) is 0 Å². The predicted octanol–water partition coefficient (Wildman–Crippen LogP) is 1.13. The van der Waals surface area contributed by atoms with Gasteiger partial charge in [0.15, 0.2) is 0 Å². The highest BCUT2D eigenvalue weighted by molar-refractivity contribution is 7.99. The number of carbonyl (C=O) groups is 3. The van der Waals surface area contributed by atoms with E-state index in [2.05, 4.69) is 10.6 Å². The average Bonchev–Trinajstić information content (AvgIpc) is 2.99. The van der Waals surface area contributed by atoms with Crippen molar-refractivity contribution in [1.29, 1.82) is 0 Å². The van der Waals surface area contributed by atoms with Crippen LogP contribution in [0, 0.1) is 5.92 Å². The minimum absolute atomic E-state index is 0.0344. The minimum Gasteiger partial charge on any atom is -0.354 e. The number of nitrogens with one attached hydrogen (secondary N) is 2. The van der Waals surface area contributed by atoms with Crippen LogP contribution < -0.4 is 10.6 Å². The molecule has 0 bridgehead atoms. The minimum atomic E-state index is -0.437. The fourth-order valence-electron chi connectivity index (χ4n) is 2.17. The topological polar surface area (TPSA) is 78.5 Å². The highest BCUT2D eigenvalue weighted by atomic mass is 32.2. The van der Waals surface area contributed by atoms with Crippen LogP contribution in [0.25, 0.3) is 0 Å². The van der Waals surface area contributed by atoms with E-state index in [0.29, 0.717) is 30.3 Å². The van der Waals surface area contributed by atoms with Gasteiger partial charge in [-0.05, 0) is 13.3 Å². The molecule has 0 aromatic carbocycles. The molecule has 1 rings (SSSR count). The summed E-state index contributed by atoms with van der Waals surface area (Å²) in [4.78, 5) is 37.7. The summed E-state index contributed by atoms with van der Waals surface area (Å²) in [6.07, 6.45) is 2.67. The lowest BCUT2D eigenvalue weighted by Crippen LogP contribution is -2.49. The van der Waals surface area contributed by atoms with E-state index >= 15 is 0 Å². The zero-order valence-corrected chi connectivity index (χ0v) is 15.2. The molecule has 2 N–H and O–H groups in total. The van der Waals surface area contributed by atoms with Gasteiger partial charge in [0.2, 0.25) is 11.8 Å². The van der Waals surface area contributed by atoms with Gasteiger partial charge in [-0.3, -0.25) is 14.4 Å². The summed E-state index contributed by atoms with van der Waals surface area (Å²) in [5.41, 5.74) is 0.678. The molecule has 7 heteroatoms. The molecule has 0 aromatic rings. The van der Waals surface area contributed by atoms with Gasteiger partial charge in [-0.15, -0.1) is 11.8 Å². The van der Waals surface area contributed by atoms with E-state index in [4.69, 9.17) is 0 Å². The summed E-state index contributed by atoms with van der Waals surface area (Å²) in [6, 6.07) is -0.437. The molecule has 1 heterocycles. The Bertz CT molecular complexity index is 477. The van der Waals surface area contributed by atoms with Crippen LogP contribution in [0.4, 0.5) is 0 Å². The van der Waals surface area contributed by atoms with Crippen LogP contribution in [-0.2, 0) is 14.4 Å². The number of hydrogen-bond donors (Lipinski definition) is 2. The molecular weight excluding hydrogens is 314 g/mol. The number of amides is 3. The Morgan fingerprint density at radius 1 is 1.26 bits per heavy atom. The van der Waals surface area contributed by atoms with Crippen molar-refractivity contribution in [2.24, 2.45) is 5.92 Å². The first-order valence-electron chi connectivity index (χ1n) is 7.99. The van der Waals surface area contributed by atoms with Crippen LogP contribution in [0.15, 0.2) is 11.6 Å². The van der Waals surface area contributed by atoms with Crippen molar-refractivity contribution in [2.75, 3.05) is 24.7 Å². The van der Waals surface area contributed by atoms with E-state index in [1.54, 1.807) is 23.6 Å². The van der Waals surface area contributed by atoms with Crippen LogP contribution in [0.5, 0.6) is 0 Å². The van der Waals surface area contributed by atoms with Gasteiger partial charge < -0.3 is 15.5 Å². The van der Waals surface area contributed by atoms with E-state index in [0.717, 1.165) is 6.42 Å². The Hall–Kier alpha value is -1.50. The number of nitrogens with zero attached hydrogens (tertiary/aromatic N) is 1. The molecule has 0 spiro atoms. The van der Waals surface area contributed by atoms with E-state index in [1.165, 1.54) is 0 Å². The summed E-state index contributed by atoms with van der Waals surface area (Å²) in [5.74, 6) is 0.799. The summed E-state index contributed by atoms with van der Waals surface area (Å²) >= 11 is 1.58. The molecule has 0 saturated carbocycles. The number of hydrogen-bond acceptors (Lipinski definition) is 4. The fraction of sp³-hybridized carbons (Fsp3) is 0.688. The summed E-state index contributed by atoms with van der Waals surface area (Å²) in [6.45, 7) is 8.16. The molecule has 1 atom stereocenters. The van der Waals surface area contributed by atoms with E-state index in [9.17, 15) is 14.4 Å². The van der Waals surface area contributed by atoms with Crippen LogP contribution in [0.1, 0.15) is 34.1 Å². The fourth-order valence-corrected chi connectivity index (χ4v) is 3.33. The van der Waals surface area contributed by atoms with Gasteiger partial charge in [0.1, 0.15) is 6.04 Å². The molecule has 130 valence electrons. The predicted molar refractivity (Wildman–Crippen MR) is 92.9 cm³/mol. The molecular formula is C16H27N3O3S. The zero-order chi connectivity index (χ0) is 17.4. The lowest BCUT2D eigenvalue weighted by molar-refractivity contribution is -0.135. The molecule has 0 aliphatic carbocycles. The quantitative estimate of drug-likeness (QED) is 0.537. The van der Waals surface area contributed by atoms with Gasteiger partial charge in [-0.2, -0.15) is 0 Å². The molecule has 0 radical (unpaired) electrons. The third kappa shape index (κ3) is 5.89. The molecule has 3 amide bonds. The van der Waals surface area contributed by atoms with E-state index < -0.39 is 6.04 Å². The Morgan fingerprint density at radius 3 is 2.52 bits per heavy atom. The monoisotopic (exact) mass is 341 g/mol. The first kappa shape index (κ1) is 19.5. The molecule has 0 aromatic heterocycles. The maximum atomic E-state index is 12.4. The lowest BCUT2D eigenvalue weighted by Gasteiger charge is -2.23. The van der Waals surface area contributed by atoms with Crippen LogP contribution >= 0.6 is 11.8 Å². The Labute approximate surface area is 142 Å². The largest absolute Gasteiger partial charge is 0.354 e. The Morgan fingerprint density at radius 2 is 1.91 bits per heavy atom. The van der Waals surface area contributed by atoms with Crippen LogP contribution in [0.3, 0.4) is 0 Å². The number of carbonyl (C=O) groups excluding carboxylic acids is 3. The normalized spacial score (nSPS) is 18.2. The van der Waals surface area contributed by atoms with Crippen molar-refractivity contribution in [3.05, 3.63) is 11.6 Å². The second-order valence-corrected chi connectivity index (χ2v) is 6.82. The third-order valence-corrected chi connectivity index (χ3v) is 4.55. The van der Waals surface area contributed by atoms with Gasteiger partial charge in [0, 0.05) is 30.3 Å². The standard InChI is InChI=1S/C16H27N3O3S/c1-5-6-12(4)16(22)19-10-23-9-13(19)15(21)18-8-7-17-14(20)11(2)3/h6,11,13H,5,7-10H2,1-4H3,(H,17,20)(H,18,21)/b12-6+/t13-/m1/s1. The van der Waals surface area contributed by atoms with E-state index in [-0.39, 0.29) is 23.6 Å². The first-order chi connectivity index (χ1) is 10.9. The Balaban J connectivity index is 2.47. The van der Waals surface area contributed by atoms with E-state index in [1.807, 2.05) is 26.8 Å². The summed E-state index contributed by atoms with van der Waals surface area (Å²) in [5, 5.41) is 5.54. The molecule has 1 fully saturated rings. The van der Waals surface area contributed by atoms with Gasteiger partial charge in [0.25, 0.3) is 5.91 Å². The lowest BCUT2D eigenvalue weighted by atomic mass is 10.2. The van der Waals surface area contributed by atoms with Gasteiger partial charge in [-0.25, -0.2) is 0 Å². The SMILES string of the molecule is CC/C=C(\C)C(=O)N1CSC[C@@H]1C(=O)NCCNC(=O)C(C)C. The van der Waals surface area contributed by atoms with Crippen molar-refractivity contribution in [3.63, 3.8) is 0 Å². The third-order valence-electron chi connectivity index (χ3n) is 3.54. The maximum absolute atomic E-state index is 12.4. The second-order valence-electron chi connectivity index (χ2n) is 5.82. The highest BCUT2D eigenvalue weighted by Gasteiger charge is 2.34. The van der Waals surface area contributed by atoms with Crippen molar-refractivity contribution >= 4 is 29.5 Å². The van der Waals surface area contributed by atoms with Crippen LogP contribution in [-0.4, -0.2) is 53.4 Å². The van der Waals surface area contributed by atoms with Crippen LogP contribution in [0.2, 0.25) is 0 Å². The molecule has 1 saturated heterocycles. The smallest absolute Gasteiger partial charge is 0.250 e. The molecule has 0 unspecified atom stereocenters. The summed E-state index contributed by atoms with van der Waals surface area (Å²) < 4.78 is 0. The summed E-state index contributed by atoms with van der Waals surface area (Å²) in [7, 11) is 0. The van der Waals surface area contributed by atoms with Gasteiger partial charge >= 0.3 is 0 Å². The van der Waals surface area contributed by atoms with Crippen molar-refractivity contribution in [1.82, 2.24) is 15.5 Å². The van der Waals surface area contributed by atoms with Gasteiger partial charge in [-0.1, -0.05) is 26.8 Å². The first-order valence-corrected chi connectivity index (χ1v) is 9.14. The second kappa shape index (κ2) is 9.60. The average molecular weight is 341 g/mol. The molecule has 1 aliphatic rings. The molecule has 23 heavy (non-hydrogen) atoms. The number of rotatable bonds is 7. The highest BCUT2D eigenvalue weighted by Crippen LogP contribution is 2.23. The van der Waals surface area contributed by atoms with Gasteiger partial charge in [0.05, 0.1) is 5.88 Å². The van der Waals surface area contributed by atoms with Crippen molar-refractivity contribution < 1.29 is 14.4 Å². The molecule has 6 nitrogen and oxygen atoms in total. The Kier molecular flexibility index (Phi) is 8.16. The number of thioether (sulfide) groups is 1.